The van der Waals surface area contributed by atoms with Crippen molar-refractivity contribution in [3.05, 3.63) is 0 Å². The molecule has 0 rings (SSSR count). The van der Waals surface area contributed by atoms with Gasteiger partial charge in [0.25, 0.3) is 0 Å². The molecular weight excluding hydrogens is 200 g/mol. The van der Waals surface area contributed by atoms with E-state index in [0.29, 0.717) is 6.42 Å². The predicted octanol–water partition coefficient (Wildman–Crippen LogP) is 2.40. The molecule has 0 aromatic rings. The number of unbranched alkanes of at least 4 members (excludes halogenated alkanes) is 2. The molecule has 0 heterocycles. The van der Waals surface area contributed by atoms with Gasteiger partial charge in [-0.25, -0.2) is 0 Å². The quantitative estimate of drug-likeness (QED) is 0.574. The lowest BCUT2D eigenvalue weighted by molar-refractivity contribution is -0.137. The molecule has 0 saturated carbocycles. The van der Waals surface area contributed by atoms with Crippen molar-refractivity contribution in [1.29, 1.82) is 0 Å². The number of carbonyl (C=O) groups is 1. The van der Waals surface area contributed by atoms with Crippen LogP contribution in [0.15, 0.2) is 0 Å². The molecule has 0 radical (unpaired) electrons. The lowest BCUT2D eigenvalue weighted by atomic mass is 10.2. The highest BCUT2D eigenvalue weighted by Crippen LogP contribution is 2.08. The molecule has 0 spiro atoms. The zero-order valence-corrected chi connectivity index (χ0v) is 9.65. The molecule has 0 aromatic carbocycles. The number of hydrogen-bond donors (Lipinski definition) is 1. The summed E-state index contributed by atoms with van der Waals surface area (Å²) in [7, 11) is 1.72. The summed E-state index contributed by atoms with van der Waals surface area (Å²) in [4.78, 5) is 10.2. The van der Waals surface area contributed by atoms with E-state index in [0.717, 1.165) is 43.8 Å². The van der Waals surface area contributed by atoms with Crippen LogP contribution in [0.5, 0.6) is 0 Å². The van der Waals surface area contributed by atoms with Gasteiger partial charge in [-0.3, -0.25) is 4.79 Å². The van der Waals surface area contributed by atoms with Gasteiger partial charge in [0.2, 0.25) is 0 Å². The van der Waals surface area contributed by atoms with Crippen LogP contribution in [0.4, 0.5) is 0 Å². The molecular formula is C10H20O3S. The Bertz CT molecular complexity index is 139. The molecule has 4 heteroatoms. The molecule has 0 fully saturated rings. The Morgan fingerprint density at radius 2 is 1.93 bits per heavy atom. The van der Waals surface area contributed by atoms with Crippen molar-refractivity contribution in [3.8, 4) is 0 Å². The summed E-state index contributed by atoms with van der Waals surface area (Å²) < 4.78 is 4.93. The largest absolute Gasteiger partial charge is 0.481 e. The van der Waals surface area contributed by atoms with Gasteiger partial charge in [0, 0.05) is 20.1 Å². The van der Waals surface area contributed by atoms with E-state index in [9.17, 15) is 4.79 Å². The van der Waals surface area contributed by atoms with Crippen LogP contribution < -0.4 is 0 Å². The summed E-state index contributed by atoms with van der Waals surface area (Å²) in [6, 6.07) is 0. The van der Waals surface area contributed by atoms with Crippen LogP contribution >= 0.6 is 11.8 Å². The molecule has 0 atom stereocenters. The minimum absolute atomic E-state index is 0.314. The van der Waals surface area contributed by atoms with E-state index in [2.05, 4.69) is 0 Å². The van der Waals surface area contributed by atoms with E-state index >= 15 is 0 Å². The van der Waals surface area contributed by atoms with Crippen molar-refractivity contribution < 1.29 is 14.6 Å². The predicted molar refractivity (Wildman–Crippen MR) is 59.9 cm³/mol. The average molecular weight is 220 g/mol. The zero-order valence-electron chi connectivity index (χ0n) is 8.83. The van der Waals surface area contributed by atoms with E-state index in [1.807, 2.05) is 11.8 Å². The van der Waals surface area contributed by atoms with E-state index in [1.54, 1.807) is 7.11 Å². The highest BCUT2D eigenvalue weighted by atomic mass is 32.2. The standard InChI is InChI=1S/C10H20O3S/c1-13-7-5-9-14-8-4-2-3-6-10(11)12/h2-9H2,1H3,(H,11,12). The smallest absolute Gasteiger partial charge is 0.303 e. The first-order chi connectivity index (χ1) is 6.77. The van der Waals surface area contributed by atoms with E-state index in [-0.39, 0.29) is 0 Å². The number of thioether (sulfide) groups is 1. The molecule has 84 valence electrons. The maximum absolute atomic E-state index is 10.2. The number of methoxy groups -OCH3 is 1. The molecule has 3 nitrogen and oxygen atoms in total. The lowest BCUT2D eigenvalue weighted by Gasteiger charge is -2.00. The van der Waals surface area contributed by atoms with Crippen LogP contribution in [-0.2, 0) is 9.53 Å². The van der Waals surface area contributed by atoms with Gasteiger partial charge in [-0.05, 0) is 30.8 Å². The Hall–Kier alpha value is -0.220. The Labute approximate surface area is 90.2 Å². The fraction of sp³-hybridized carbons (Fsp3) is 0.900. The van der Waals surface area contributed by atoms with Crippen LogP contribution in [0.3, 0.4) is 0 Å². The number of ether oxygens (including phenoxy) is 1. The van der Waals surface area contributed by atoms with Gasteiger partial charge in [0.05, 0.1) is 0 Å². The average Bonchev–Trinajstić information content (AvgIpc) is 2.15. The van der Waals surface area contributed by atoms with Crippen molar-refractivity contribution in [1.82, 2.24) is 0 Å². The number of hydrogen-bond acceptors (Lipinski definition) is 3. The molecule has 0 aliphatic heterocycles. The minimum Gasteiger partial charge on any atom is -0.481 e. The molecule has 0 aliphatic rings. The SMILES string of the molecule is COCCCSCCCCCC(=O)O. The summed E-state index contributed by atoms with van der Waals surface area (Å²) in [6.07, 6.45) is 4.40. The van der Waals surface area contributed by atoms with Gasteiger partial charge in [-0.15, -0.1) is 0 Å². The summed E-state index contributed by atoms with van der Waals surface area (Å²) in [5.74, 6) is 1.61. The van der Waals surface area contributed by atoms with Crippen molar-refractivity contribution in [2.45, 2.75) is 32.1 Å². The third kappa shape index (κ3) is 11.8. The number of carboxylic acid groups (broad SMARTS) is 1. The third-order valence-corrected chi connectivity index (χ3v) is 2.97. The molecule has 0 aliphatic carbocycles. The number of aliphatic carboxylic acids is 1. The topological polar surface area (TPSA) is 46.5 Å². The van der Waals surface area contributed by atoms with Crippen LogP contribution in [0.2, 0.25) is 0 Å². The minimum atomic E-state index is -0.683. The first-order valence-corrected chi connectivity index (χ1v) is 6.21. The molecule has 14 heavy (non-hydrogen) atoms. The van der Waals surface area contributed by atoms with Crippen molar-refractivity contribution in [2.24, 2.45) is 0 Å². The highest BCUT2D eigenvalue weighted by Gasteiger charge is 1.96. The first kappa shape index (κ1) is 13.8. The van der Waals surface area contributed by atoms with Crippen LogP contribution in [0.1, 0.15) is 32.1 Å². The summed E-state index contributed by atoms with van der Waals surface area (Å²) in [5, 5.41) is 8.39. The number of carboxylic acids is 1. The molecule has 0 bridgehead atoms. The maximum atomic E-state index is 10.2. The monoisotopic (exact) mass is 220 g/mol. The van der Waals surface area contributed by atoms with E-state index < -0.39 is 5.97 Å². The number of rotatable bonds is 10. The fourth-order valence-electron chi connectivity index (χ4n) is 1.06. The first-order valence-electron chi connectivity index (χ1n) is 5.06. The van der Waals surface area contributed by atoms with Crippen molar-refractivity contribution >= 4 is 17.7 Å². The van der Waals surface area contributed by atoms with Gasteiger partial charge in [-0.1, -0.05) is 6.42 Å². The second kappa shape index (κ2) is 10.9. The fourth-order valence-corrected chi connectivity index (χ4v) is 2.00. The Balaban J connectivity index is 2.88. The van der Waals surface area contributed by atoms with Gasteiger partial charge in [0.15, 0.2) is 0 Å². The van der Waals surface area contributed by atoms with E-state index in [1.165, 1.54) is 0 Å². The van der Waals surface area contributed by atoms with Crippen LogP contribution in [0, 0.1) is 0 Å². The van der Waals surface area contributed by atoms with Gasteiger partial charge in [-0.2, -0.15) is 11.8 Å². The molecule has 0 amide bonds. The third-order valence-electron chi connectivity index (χ3n) is 1.82. The normalized spacial score (nSPS) is 10.4. The summed E-state index contributed by atoms with van der Waals surface area (Å²) >= 11 is 1.92. The van der Waals surface area contributed by atoms with Crippen molar-refractivity contribution in [2.75, 3.05) is 25.2 Å². The van der Waals surface area contributed by atoms with Crippen LogP contribution in [0.25, 0.3) is 0 Å². The summed E-state index contributed by atoms with van der Waals surface area (Å²) in [5.41, 5.74) is 0. The van der Waals surface area contributed by atoms with Crippen molar-refractivity contribution in [3.63, 3.8) is 0 Å². The van der Waals surface area contributed by atoms with E-state index in [4.69, 9.17) is 9.84 Å². The van der Waals surface area contributed by atoms with Gasteiger partial charge < -0.3 is 9.84 Å². The molecule has 1 N–H and O–H groups in total. The molecule has 0 aromatic heterocycles. The zero-order chi connectivity index (χ0) is 10.6. The second-order valence-electron chi connectivity index (χ2n) is 3.16. The van der Waals surface area contributed by atoms with Gasteiger partial charge >= 0.3 is 5.97 Å². The Kier molecular flexibility index (Phi) is 10.7. The lowest BCUT2D eigenvalue weighted by Crippen LogP contribution is -1.94. The van der Waals surface area contributed by atoms with Crippen LogP contribution in [-0.4, -0.2) is 36.3 Å². The Morgan fingerprint density at radius 1 is 1.21 bits per heavy atom. The second-order valence-corrected chi connectivity index (χ2v) is 4.39. The molecule has 0 unspecified atom stereocenters. The summed E-state index contributed by atoms with van der Waals surface area (Å²) in [6.45, 7) is 0.839. The maximum Gasteiger partial charge on any atom is 0.303 e. The highest BCUT2D eigenvalue weighted by molar-refractivity contribution is 7.99. The molecule has 0 saturated heterocycles. The Morgan fingerprint density at radius 3 is 2.57 bits per heavy atom. The van der Waals surface area contributed by atoms with Gasteiger partial charge in [0.1, 0.15) is 0 Å².